The van der Waals surface area contributed by atoms with Crippen LogP contribution in [-0.4, -0.2) is 27.7 Å². The van der Waals surface area contributed by atoms with Crippen molar-refractivity contribution in [2.75, 3.05) is 5.32 Å². The fraction of sp³-hybridized carbons (Fsp3) is 0.455. The predicted molar refractivity (Wildman–Crippen MR) is 112 cm³/mol. The number of aromatic nitrogens is 2. The van der Waals surface area contributed by atoms with E-state index in [-0.39, 0.29) is 17.8 Å². The molecular weight excluding hydrogens is 384 g/mol. The number of rotatable bonds is 8. The zero-order chi connectivity index (χ0) is 22.4. The second kappa shape index (κ2) is 9.92. The van der Waals surface area contributed by atoms with Crippen molar-refractivity contribution in [3.63, 3.8) is 0 Å². The fourth-order valence-electron chi connectivity index (χ4n) is 3.06. The summed E-state index contributed by atoms with van der Waals surface area (Å²) < 4.78 is 12.4. The summed E-state index contributed by atoms with van der Waals surface area (Å²) >= 11 is 0. The van der Waals surface area contributed by atoms with Crippen molar-refractivity contribution in [1.29, 1.82) is 5.26 Å². The number of carbonyl (C=O) groups is 2. The van der Waals surface area contributed by atoms with E-state index in [4.69, 9.17) is 9.26 Å². The second-order valence-corrected chi connectivity index (χ2v) is 7.61. The number of aryl methyl sites for hydroxylation is 2. The fourth-order valence-corrected chi connectivity index (χ4v) is 3.06. The molecule has 0 saturated heterocycles. The van der Waals surface area contributed by atoms with Crippen molar-refractivity contribution in [3.8, 4) is 6.07 Å². The van der Waals surface area contributed by atoms with E-state index in [0.717, 1.165) is 23.5 Å². The lowest BCUT2D eigenvalue weighted by molar-refractivity contribution is -0.150. The highest BCUT2D eigenvalue weighted by atomic mass is 16.5. The van der Waals surface area contributed by atoms with Crippen LogP contribution in [0.15, 0.2) is 22.2 Å². The van der Waals surface area contributed by atoms with E-state index in [1.54, 1.807) is 19.9 Å². The highest BCUT2D eigenvalue weighted by molar-refractivity contribution is 6.01. The van der Waals surface area contributed by atoms with Crippen LogP contribution in [0.25, 0.3) is 6.08 Å². The largest absolute Gasteiger partial charge is 0.448 e. The van der Waals surface area contributed by atoms with E-state index in [1.165, 1.54) is 6.08 Å². The molecule has 1 N–H and O–H groups in total. The zero-order valence-corrected chi connectivity index (χ0v) is 18.3. The number of esters is 1. The molecule has 2 aromatic heterocycles. The SMILES string of the molecule is CCC(OC(=O)/C(C#N)=C/c1cc(C)n(CC(C)C)c1C)C(=O)Nc1cc(C)on1. The molecule has 0 radical (unpaired) electrons. The normalized spacial score (nSPS) is 12.5. The molecule has 8 heteroatoms. The van der Waals surface area contributed by atoms with Gasteiger partial charge in [-0.3, -0.25) is 4.79 Å². The number of nitriles is 1. The van der Waals surface area contributed by atoms with Crippen LogP contribution < -0.4 is 5.32 Å². The molecule has 8 nitrogen and oxygen atoms in total. The van der Waals surface area contributed by atoms with Crippen molar-refractivity contribution in [2.45, 2.75) is 60.6 Å². The maximum Gasteiger partial charge on any atom is 0.349 e. The number of carbonyl (C=O) groups excluding carboxylic acids is 2. The first kappa shape index (κ1) is 22.9. The van der Waals surface area contributed by atoms with Crippen LogP contribution in [0.2, 0.25) is 0 Å². The van der Waals surface area contributed by atoms with Gasteiger partial charge in [0.2, 0.25) is 0 Å². The Labute approximate surface area is 176 Å². The van der Waals surface area contributed by atoms with Crippen molar-refractivity contribution >= 4 is 23.8 Å². The van der Waals surface area contributed by atoms with Crippen LogP contribution in [0.4, 0.5) is 5.82 Å². The van der Waals surface area contributed by atoms with Crippen LogP contribution >= 0.6 is 0 Å². The van der Waals surface area contributed by atoms with Gasteiger partial charge in [0, 0.05) is 24.0 Å². The summed E-state index contributed by atoms with van der Waals surface area (Å²) in [6, 6.07) is 5.37. The summed E-state index contributed by atoms with van der Waals surface area (Å²) in [6.45, 7) is 12.4. The lowest BCUT2D eigenvalue weighted by Crippen LogP contribution is -2.32. The summed E-state index contributed by atoms with van der Waals surface area (Å²) in [5.74, 6) is -0.138. The predicted octanol–water partition coefficient (Wildman–Crippen LogP) is 3.92. The Hall–Kier alpha value is -3.34. The number of hydrogen-bond donors (Lipinski definition) is 1. The standard InChI is InChI=1S/C22H28N4O4/c1-7-19(21(27)24-20-9-15(5)30-25-20)29-22(28)18(11-23)10-17-8-14(4)26(16(17)6)12-13(2)3/h8-10,13,19H,7,12H2,1-6H3,(H,24,25,27)/b18-10+. The third-order valence-electron chi connectivity index (χ3n) is 4.59. The van der Waals surface area contributed by atoms with E-state index < -0.39 is 18.0 Å². The number of amides is 1. The third-order valence-corrected chi connectivity index (χ3v) is 4.59. The monoisotopic (exact) mass is 412 g/mol. The van der Waals surface area contributed by atoms with Gasteiger partial charge in [0.25, 0.3) is 5.91 Å². The van der Waals surface area contributed by atoms with Crippen molar-refractivity contribution in [2.24, 2.45) is 5.92 Å². The Morgan fingerprint density at radius 2 is 2.03 bits per heavy atom. The minimum Gasteiger partial charge on any atom is -0.448 e. The van der Waals surface area contributed by atoms with Gasteiger partial charge < -0.3 is 19.1 Å². The first-order valence-electron chi connectivity index (χ1n) is 9.89. The quantitative estimate of drug-likeness (QED) is 0.400. The first-order chi connectivity index (χ1) is 14.2. The second-order valence-electron chi connectivity index (χ2n) is 7.61. The van der Waals surface area contributed by atoms with Crippen molar-refractivity contribution in [1.82, 2.24) is 9.72 Å². The minimum absolute atomic E-state index is 0.164. The Kier molecular flexibility index (Phi) is 7.59. The minimum atomic E-state index is -1.06. The van der Waals surface area contributed by atoms with Crippen LogP contribution in [0.1, 0.15) is 49.9 Å². The summed E-state index contributed by atoms with van der Waals surface area (Å²) in [5, 5.41) is 15.7. The number of anilines is 1. The van der Waals surface area contributed by atoms with E-state index in [2.05, 4.69) is 28.9 Å². The van der Waals surface area contributed by atoms with E-state index >= 15 is 0 Å². The molecule has 1 amide bonds. The Morgan fingerprint density at radius 3 is 2.57 bits per heavy atom. The molecule has 1 unspecified atom stereocenters. The van der Waals surface area contributed by atoms with E-state index in [9.17, 15) is 14.9 Å². The average Bonchev–Trinajstić information content (AvgIpc) is 3.20. The number of nitrogens with zero attached hydrogens (tertiary/aromatic N) is 3. The zero-order valence-electron chi connectivity index (χ0n) is 18.3. The number of nitrogens with one attached hydrogen (secondary N) is 1. The van der Waals surface area contributed by atoms with Gasteiger partial charge in [-0.05, 0) is 50.8 Å². The summed E-state index contributed by atoms with van der Waals surface area (Å²) in [5.41, 5.74) is 2.63. The van der Waals surface area contributed by atoms with Gasteiger partial charge in [-0.25, -0.2) is 4.79 Å². The molecular formula is C22H28N4O4. The van der Waals surface area contributed by atoms with Crippen LogP contribution in [0.5, 0.6) is 0 Å². The molecule has 0 aromatic carbocycles. The smallest absolute Gasteiger partial charge is 0.349 e. The maximum atomic E-state index is 12.6. The Balaban J connectivity index is 2.17. The highest BCUT2D eigenvalue weighted by Gasteiger charge is 2.24. The number of hydrogen-bond acceptors (Lipinski definition) is 6. The molecule has 2 aromatic rings. The van der Waals surface area contributed by atoms with E-state index in [1.807, 2.05) is 26.0 Å². The van der Waals surface area contributed by atoms with Crippen molar-refractivity contribution < 1.29 is 18.8 Å². The van der Waals surface area contributed by atoms with Gasteiger partial charge in [0.05, 0.1) is 0 Å². The number of ether oxygens (including phenoxy) is 1. The molecule has 0 spiro atoms. The van der Waals surface area contributed by atoms with E-state index in [0.29, 0.717) is 11.7 Å². The molecule has 160 valence electrons. The van der Waals surface area contributed by atoms with Gasteiger partial charge >= 0.3 is 5.97 Å². The highest BCUT2D eigenvalue weighted by Crippen LogP contribution is 2.20. The first-order valence-corrected chi connectivity index (χ1v) is 9.89. The van der Waals surface area contributed by atoms with Crippen LogP contribution in [-0.2, 0) is 20.9 Å². The molecule has 0 aliphatic heterocycles. The van der Waals surface area contributed by atoms with Gasteiger partial charge in [-0.2, -0.15) is 5.26 Å². The van der Waals surface area contributed by atoms with Gasteiger partial charge in [-0.1, -0.05) is 25.9 Å². The van der Waals surface area contributed by atoms with Gasteiger partial charge in [-0.15, -0.1) is 0 Å². The van der Waals surface area contributed by atoms with Crippen LogP contribution in [0.3, 0.4) is 0 Å². The molecule has 0 bridgehead atoms. The maximum absolute atomic E-state index is 12.6. The molecule has 30 heavy (non-hydrogen) atoms. The van der Waals surface area contributed by atoms with Gasteiger partial charge in [0.15, 0.2) is 11.9 Å². The average molecular weight is 412 g/mol. The molecule has 2 rings (SSSR count). The molecule has 2 heterocycles. The third kappa shape index (κ3) is 5.60. The summed E-state index contributed by atoms with van der Waals surface area (Å²) in [7, 11) is 0. The lowest BCUT2D eigenvalue weighted by Gasteiger charge is -2.14. The summed E-state index contributed by atoms with van der Waals surface area (Å²) in [4.78, 5) is 24.9. The van der Waals surface area contributed by atoms with Crippen LogP contribution in [0, 0.1) is 38.0 Å². The molecule has 0 fully saturated rings. The van der Waals surface area contributed by atoms with Crippen molar-refractivity contribution in [3.05, 3.63) is 40.4 Å². The molecule has 1 atom stereocenters. The van der Waals surface area contributed by atoms with Gasteiger partial charge in [0.1, 0.15) is 17.4 Å². The Bertz CT molecular complexity index is 991. The molecule has 0 saturated carbocycles. The summed E-state index contributed by atoms with van der Waals surface area (Å²) in [6.07, 6.45) is 0.697. The molecule has 0 aliphatic carbocycles. The topological polar surface area (TPSA) is 110 Å². The Morgan fingerprint density at radius 1 is 1.33 bits per heavy atom. The lowest BCUT2D eigenvalue weighted by atomic mass is 10.1. The molecule has 0 aliphatic rings.